The third-order valence-corrected chi connectivity index (χ3v) is 3.19. The van der Waals surface area contributed by atoms with E-state index < -0.39 is 0 Å². The first kappa shape index (κ1) is 15.0. The van der Waals surface area contributed by atoms with Gasteiger partial charge in [0.05, 0.1) is 31.2 Å². The predicted molar refractivity (Wildman–Crippen MR) is 78.0 cm³/mol. The largest absolute Gasteiger partial charge is 0.474 e. The Morgan fingerprint density at radius 2 is 2.10 bits per heavy atom. The Bertz CT molecular complexity index is 406. The SMILES string of the molecule is CC(C)Oc1cncc(N2CCC(OCCN)CC2)n1. The maximum absolute atomic E-state index is 5.68. The van der Waals surface area contributed by atoms with Crippen LogP contribution in [0.2, 0.25) is 0 Å². The average Bonchev–Trinajstić information content (AvgIpc) is 2.45. The van der Waals surface area contributed by atoms with Crippen LogP contribution >= 0.6 is 0 Å². The summed E-state index contributed by atoms with van der Waals surface area (Å²) in [7, 11) is 0. The first-order valence-corrected chi connectivity index (χ1v) is 7.24. The highest BCUT2D eigenvalue weighted by Gasteiger charge is 2.21. The molecule has 1 aromatic heterocycles. The molecule has 0 amide bonds. The highest BCUT2D eigenvalue weighted by atomic mass is 16.5. The molecule has 1 aliphatic heterocycles. The fourth-order valence-electron chi connectivity index (χ4n) is 2.28. The third kappa shape index (κ3) is 4.31. The number of piperidine rings is 1. The second-order valence-corrected chi connectivity index (χ2v) is 5.23. The average molecular weight is 280 g/mol. The van der Waals surface area contributed by atoms with E-state index in [1.54, 1.807) is 12.4 Å². The molecular formula is C14H24N4O2. The van der Waals surface area contributed by atoms with Gasteiger partial charge in [0.15, 0.2) is 5.82 Å². The Morgan fingerprint density at radius 3 is 2.75 bits per heavy atom. The van der Waals surface area contributed by atoms with E-state index in [1.165, 1.54) is 0 Å². The molecule has 0 radical (unpaired) electrons. The van der Waals surface area contributed by atoms with Gasteiger partial charge in [-0.1, -0.05) is 0 Å². The molecule has 0 aliphatic carbocycles. The molecule has 2 heterocycles. The lowest BCUT2D eigenvalue weighted by molar-refractivity contribution is 0.0421. The van der Waals surface area contributed by atoms with Crippen LogP contribution in [-0.2, 0) is 4.74 Å². The number of nitrogens with zero attached hydrogens (tertiary/aromatic N) is 3. The molecule has 20 heavy (non-hydrogen) atoms. The maximum Gasteiger partial charge on any atom is 0.234 e. The van der Waals surface area contributed by atoms with Crippen molar-refractivity contribution >= 4 is 5.82 Å². The first-order valence-electron chi connectivity index (χ1n) is 7.24. The Kier molecular flexibility index (Phi) is 5.55. The topological polar surface area (TPSA) is 73.5 Å². The van der Waals surface area contributed by atoms with Crippen LogP contribution in [0.15, 0.2) is 12.4 Å². The van der Waals surface area contributed by atoms with Crippen LogP contribution in [0.4, 0.5) is 5.82 Å². The molecule has 6 heteroatoms. The van der Waals surface area contributed by atoms with Crippen LogP contribution in [0.25, 0.3) is 0 Å². The summed E-state index contributed by atoms with van der Waals surface area (Å²) >= 11 is 0. The van der Waals surface area contributed by atoms with Gasteiger partial charge < -0.3 is 20.1 Å². The lowest BCUT2D eigenvalue weighted by Crippen LogP contribution is -2.38. The summed E-state index contributed by atoms with van der Waals surface area (Å²) in [6, 6.07) is 0. The summed E-state index contributed by atoms with van der Waals surface area (Å²) in [5.74, 6) is 1.46. The molecule has 0 atom stereocenters. The quantitative estimate of drug-likeness (QED) is 0.844. The maximum atomic E-state index is 5.68. The van der Waals surface area contributed by atoms with E-state index in [2.05, 4.69) is 14.9 Å². The van der Waals surface area contributed by atoms with Crippen LogP contribution in [0.3, 0.4) is 0 Å². The number of nitrogens with two attached hydrogens (primary N) is 1. The molecular weight excluding hydrogens is 256 g/mol. The Labute approximate surface area is 120 Å². The second kappa shape index (κ2) is 7.40. The highest BCUT2D eigenvalue weighted by Crippen LogP contribution is 2.21. The van der Waals surface area contributed by atoms with Gasteiger partial charge in [0.2, 0.25) is 5.88 Å². The number of rotatable bonds is 6. The molecule has 2 N–H and O–H groups in total. The van der Waals surface area contributed by atoms with Crippen molar-refractivity contribution in [1.82, 2.24) is 9.97 Å². The summed E-state index contributed by atoms with van der Waals surface area (Å²) in [5, 5.41) is 0. The zero-order chi connectivity index (χ0) is 14.4. The minimum Gasteiger partial charge on any atom is -0.474 e. The van der Waals surface area contributed by atoms with Crippen molar-refractivity contribution in [1.29, 1.82) is 0 Å². The number of aromatic nitrogens is 2. The van der Waals surface area contributed by atoms with Crippen molar-refractivity contribution in [2.75, 3.05) is 31.1 Å². The van der Waals surface area contributed by atoms with Crippen molar-refractivity contribution in [3.05, 3.63) is 12.4 Å². The standard InChI is InChI=1S/C14H24N4O2/c1-11(2)20-14-10-16-9-13(17-14)18-6-3-12(4-7-18)19-8-5-15/h9-12H,3-8,15H2,1-2H3. The van der Waals surface area contributed by atoms with E-state index in [0.29, 0.717) is 25.1 Å². The molecule has 0 unspecified atom stereocenters. The fraction of sp³-hybridized carbons (Fsp3) is 0.714. The first-order chi connectivity index (χ1) is 9.69. The van der Waals surface area contributed by atoms with Gasteiger partial charge in [-0.15, -0.1) is 0 Å². The van der Waals surface area contributed by atoms with Crippen LogP contribution in [0, 0.1) is 0 Å². The molecule has 0 spiro atoms. The van der Waals surface area contributed by atoms with Gasteiger partial charge in [-0.2, -0.15) is 4.98 Å². The molecule has 0 aromatic carbocycles. The molecule has 0 saturated carbocycles. The van der Waals surface area contributed by atoms with Crippen molar-refractivity contribution in [2.45, 2.75) is 38.9 Å². The molecule has 2 rings (SSSR count). The van der Waals surface area contributed by atoms with Gasteiger partial charge in [0, 0.05) is 19.6 Å². The van der Waals surface area contributed by atoms with E-state index in [0.717, 1.165) is 31.7 Å². The number of ether oxygens (including phenoxy) is 2. The molecule has 1 aromatic rings. The highest BCUT2D eigenvalue weighted by molar-refractivity contribution is 5.38. The van der Waals surface area contributed by atoms with E-state index in [1.807, 2.05) is 13.8 Å². The second-order valence-electron chi connectivity index (χ2n) is 5.23. The molecule has 1 aliphatic rings. The zero-order valence-electron chi connectivity index (χ0n) is 12.3. The van der Waals surface area contributed by atoms with Crippen molar-refractivity contribution in [3.8, 4) is 5.88 Å². The van der Waals surface area contributed by atoms with Crippen LogP contribution in [0.1, 0.15) is 26.7 Å². The van der Waals surface area contributed by atoms with Gasteiger partial charge in [-0.25, -0.2) is 0 Å². The van der Waals surface area contributed by atoms with E-state index in [4.69, 9.17) is 15.2 Å². The number of anilines is 1. The summed E-state index contributed by atoms with van der Waals surface area (Å²) in [6.07, 6.45) is 5.86. The molecule has 0 bridgehead atoms. The van der Waals surface area contributed by atoms with Gasteiger partial charge >= 0.3 is 0 Å². The molecule has 1 fully saturated rings. The van der Waals surface area contributed by atoms with Gasteiger partial charge in [0.25, 0.3) is 0 Å². The summed E-state index contributed by atoms with van der Waals surface area (Å²) in [6.45, 7) is 7.04. The van der Waals surface area contributed by atoms with Crippen LogP contribution < -0.4 is 15.4 Å². The fourth-order valence-corrected chi connectivity index (χ4v) is 2.28. The van der Waals surface area contributed by atoms with Crippen molar-refractivity contribution in [2.24, 2.45) is 5.73 Å². The summed E-state index contributed by atoms with van der Waals surface area (Å²) < 4.78 is 11.3. The van der Waals surface area contributed by atoms with E-state index in [-0.39, 0.29) is 6.10 Å². The Morgan fingerprint density at radius 1 is 1.35 bits per heavy atom. The van der Waals surface area contributed by atoms with Gasteiger partial charge in [-0.05, 0) is 26.7 Å². The Hall–Kier alpha value is -1.40. The zero-order valence-corrected chi connectivity index (χ0v) is 12.3. The Balaban J connectivity index is 1.89. The van der Waals surface area contributed by atoms with Crippen LogP contribution in [-0.4, -0.2) is 48.4 Å². The smallest absolute Gasteiger partial charge is 0.234 e. The number of hydrogen-bond donors (Lipinski definition) is 1. The summed E-state index contributed by atoms with van der Waals surface area (Å²) in [4.78, 5) is 10.9. The minimum absolute atomic E-state index is 0.106. The predicted octanol–water partition coefficient (Wildman–Crippen LogP) is 1.21. The third-order valence-electron chi connectivity index (χ3n) is 3.19. The summed E-state index contributed by atoms with van der Waals surface area (Å²) in [5.41, 5.74) is 5.45. The lowest BCUT2D eigenvalue weighted by atomic mass is 10.1. The molecule has 112 valence electrons. The van der Waals surface area contributed by atoms with Crippen molar-refractivity contribution in [3.63, 3.8) is 0 Å². The van der Waals surface area contributed by atoms with Crippen LogP contribution in [0.5, 0.6) is 5.88 Å². The van der Waals surface area contributed by atoms with Gasteiger partial charge in [-0.3, -0.25) is 4.98 Å². The number of hydrogen-bond acceptors (Lipinski definition) is 6. The van der Waals surface area contributed by atoms with E-state index in [9.17, 15) is 0 Å². The lowest BCUT2D eigenvalue weighted by Gasteiger charge is -2.32. The van der Waals surface area contributed by atoms with E-state index >= 15 is 0 Å². The van der Waals surface area contributed by atoms with Gasteiger partial charge in [0.1, 0.15) is 0 Å². The normalized spacial score (nSPS) is 16.7. The molecule has 1 saturated heterocycles. The monoisotopic (exact) mass is 280 g/mol. The molecule has 6 nitrogen and oxygen atoms in total. The minimum atomic E-state index is 0.106. The van der Waals surface area contributed by atoms with Crippen molar-refractivity contribution < 1.29 is 9.47 Å².